The number of hydrogen-bond acceptors (Lipinski definition) is 3. The van der Waals surface area contributed by atoms with Gasteiger partial charge in [0.2, 0.25) is 5.91 Å². The molecule has 2 amide bonds. The first kappa shape index (κ1) is 17.6. The highest BCUT2D eigenvalue weighted by molar-refractivity contribution is 6.31. The molecule has 7 heteroatoms. The van der Waals surface area contributed by atoms with E-state index < -0.39 is 6.09 Å². The van der Waals surface area contributed by atoms with E-state index in [4.69, 9.17) is 11.6 Å². The van der Waals surface area contributed by atoms with Gasteiger partial charge in [0.25, 0.3) is 0 Å². The zero-order valence-electron chi connectivity index (χ0n) is 14.4. The van der Waals surface area contributed by atoms with Gasteiger partial charge in [0.05, 0.1) is 7.11 Å². The van der Waals surface area contributed by atoms with Gasteiger partial charge in [0, 0.05) is 34.2 Å². The topological polar surface area (TPSA) is 74.4 Å². The van der Waals surface area contributed by atoms with Gasteiger partial charge in [-0.25, -0.2) is 4.79 Å². The number of nitrogens with one attached hydrogen (secondary N) is 2. The van der Waals surface area contributed by atoms with Crippen molar-refractivity contribution in [2.75, 3.05) is 20.2 Å². The Labute approximate surface area is 151 Å². The third kappa shape index (κ3) is 3.58. The minimum atomic E-state index is -0.596. The Morgan fingerprint density at radius 3 is 2.96 bits per heavy atom. The van der Waals surface area contributed by atoms with E-state index in [1.54, 1.807) is 0 Å². The number of carbonyl (C=O) groups is 2. The van der Waals surface area contributed by atoms with Crippen LogP contribution in [0, 0.1) is 0 Å². The van der Waals surface area contributed by atoms with Crippen LogP contribution in [0.5, 0.6) is 0 Å². The number of aryl methyl sites for hydroxylation is 1. The summed E-state index contributed by atoms with van der Waals surface area (Å²) in [5.41, 5.74) is 3.54. The molecular formula is C18H22ClN3O3. The number of methoxy groups -OCH3 is 1. The molecular weight excluding hydrogens is 342 g/mol. The van der Waals surface area contributed by atoms with Crippen LogP contribution in [-0.2, 0) is 22.4 Å². The molecule has 0 fully saturated rings. The van der Waals surface area contributed by atoms with Gasteiger partial charge in [-0.3, -0.25) is 4.79 Å². The van der Waals surface area contributed by atoms with E-state index in [-0.39, 0.29) is 18.5 Å². The summed E-state index contributed by atoms with van der Waals surface area (Å²) in [5.74, 6) is -0.0979. The van der Waals surface area contributed by atoms with E-state index in [0.717, 1.165) is 30.2 Å². The van der Waals surface area contributed by atoms with Crippen molar-refractivity contribution in [3.05, 3.63) is 34.5 Å². The number of benzene rings is 1. The van der Waals surface area contributed by atoms with Crippen LogP contribution in [0.3, 0.4) is 0 Å². The van der Waals surface area contributed by atoms with Crippen molar-refractivity contribution in [2.24, 2.45) is 0 Å². The average Bonchev–Trinajstić information content (AvgIpc) is 2.97. The largest absolute Gasteiger partial charge is 0.453 e. The number of aromatic amines is 1. The maximum Gasteiger partial charge on any atom is 0.407 e. The van der Waals surface area contributed by atoms with Crippen molar-refractivity contribution in [2.45, 2.75) is 32.2 Å². The first-order chi connectivity index (χ1) is 12.0. The highest BCUT2D eigenvalue weighted by Gasteiger charge is 2.29. The third-order valence-corrected chi connectivity index (χ3v) is 5.03. The van der Waals surface area contributed by atoms with Crippen molar-refractivity contribution in [3.63, 3.8) is 0 Å². The molecule has 1 heterocycles. The number of halogens is 1. The molecule has 3 rings (SSSR count). The molecule has 0 radical (unpaired) electrons. The molecule has 1 atom stereocenters. The SMILES string of the molecule is CCN(C(=O)CNC(=O)OC)[C@@H]1CCc2[nH]c3ccc(Cl)cc3c2C1. The van der Waals surface area contributed by atoms with Crippen molar-refractivity contribution >= 4 is 34.5 Å². The standard InChI is InChI=1S/C18H22ClN3O3/c1-3-22(17(23)10-20-18(24)25-2)12-5-7-16-14(9-12)13-8-11(19)4-6-15(13)21-16/h4,6,8,12,21H,3,5,7,9-10H2,1-2H3,(H,20,24)/t12-/m1/s1. The minimum absolute atomic E-state index is 0.0520. The number of amides is 2. The molecule has 6 nitrogen and oxygen atoms in total. The highest BCUT2D eigenvalue weighted by Crippen LogP contribution is 2.32. The lowest BCUT2D eigenvalue weighted by Gasteiger charge is -2.33. The van der Waals surface area contributed by atoms with E-state index in [2.05, 4.69) is 15.0 Å². The zero-order chi connectivity index (χ0) is 18.0. The van der Waals surface area contributed by atoms with Gasteiger partial charge in [0.15, 0.2) is 0 Å². The van der Waals surface area contributed by atoms with Gasteiger partial charge in [0.1, 0.15) is 6.54 Å². The molecule has 1 aromatic carbocycles. The number of carbonyl (C=O) groups excluding carboxylic acids is 2. The first-order valence-corrected chi connectivity index (χ1v) is 8.81. The van der Waals surface area contributed by atoms with Crippen LogP contribution in [0.15, 0.2) is 18.2 Å². The lowest BCUT2D eigenvalue weighted by atomic mass is 9.90. The summed E-state index contributed by atoms with van der Waals surface area (Å²) in [5, 5.41) is 4.30. The second-order valence-electron chi connectivity index (χ2n) is 6.19. The number of hydrogen-bond donors (Lipinski definition) is 2. The molecule has 25 heavy (non-hydrogen) atoms. The van der Waals surface area contributed by atoms with Crippen LogP contribution in [0.1, 0.15) is 24.6 Å². The molecule has 1 aliphatic rings. The Morgan fingerprint density at radius 1 is 1.44 bits per heavy atom. The van der Waals surface area contributed by atoms with Gasteiger partial charge >= 0.3 is 6.09 Å². The van der Waals surface area contributed by atoms with E-state index in [1.165, 1.54) is 18.4 Å². The monoisotopic (exact) mass is 363 g/mol. The summed E-state index contributed by atoms with van der Waals surface area (Å²) >= 11 is 6.15. The molecule has 0 saturated heterocycles. The summed E-state index contributed by atoms with van der Waals surface area (Å²) in [6.45, 7) is 2.51. The highest BCUT2D eigenvalue weighted by atomic mass is 35.5. The molecule has 0 saturated carbocycles. The zero-order valence-corrected chi connectivity index (χ0v) is 15.2. The summed E-state index contributed by atoms with van der Waals surface area (Å²) in [6, 6.07) is 5.96. The molecule has 0 aliphatic heterocycles. The van der Waals surface area contributed by atoms with Crippen molar-refractivity contribution < 1.29 is 14.3 Å². The predicted octanol–water partition coefficient (Wildman–Crippen LogP) is 2.88. The van der Waals surface area contributed by atoms with Crippen LogP contribution in [0.4, 0.5) is 4.79 Å². The van der Waals surface area contributed by atoms with Crippen LogP contribution in [0.2, 0.25) is 5.02 Å². The fourth-order valence-electron chi connectivity index (χ4n) is 3.60. The molecule has 2 aromatic rings. The minimum Gasteiger partial charge on any atom is -0.453 e. The Morgan fingerprint density at radius 2 is 2.24 bits per heavy atom. The van der Waals surface area contributed by atoms with Crippen LogP contribution >= 0.6 is 11.6 Å². The van der Waals surface area contributed by atoms with Gasteiger partial charge in [-0.05, 0) is 49.9 Å². The lowest BCUT2D eigenvalue weighted by Crippen LogP contribution is -2.47. The average molecular weight is 364 g/mol. The number of fused-ring (bicyclic) bond motifs is 3. The third-order valence-electron chi connectivity index (χ3n) is 4.80. The van der Waals surface area contributed by atoms with Crippen molar-refractivity contribution in [1.29, 1.82) is 0 Å². The van der Waals surface area contributed by atoms with Crippen molar-refractivity contribution in [3.8, 4) is 0 Å². The van der Waals surface area contributed by atoms with Crippen LogP contribution in [0.25, 0.3) is 10.9 Å². The van der Waals surface area contributed by atoms with Crippen LogP contribution < -0.4 is 5.32 Å². The summed E-state index contributed by atoms with van der Waals surface area (Å²) in [6.07, 6.45) is 1.97. The summed E-state index contributed by atoms with van der Waals surface area (Å²) in [4.78, 5) is 29.0. The van der Waals surface area contributed by atoms with E-state index in [0.29, 0.717) is 11.6 Å². The second kappa shape index (κ2) is 7.35. The van der Waals surface area contributed by atoms with Gasteiger partial charge in [-0.15, -0.1) is 0 Å². The quantitative estimate of drug-likeness (QED) is 0.877. The Hall–Kier alpha value is -2.21. The fraction of sp³-hybridized carbons (Fsp3) is 0.444. The Bertz CT molecular complexity index is 802. The summed E-state index contributed by atoms with van der Waals surface area (Å²) in [7, 11) is 1.28. The molecule has 2 N–H and O–H groups in total. The second-order valence-corrected chi connectivity index (χ2v) is 6.63. The fourth-order valence-corrected chi connectivity index (χ4v) is 3.77. The number of likely N-dealkylation sites (N-methyl/N-ethyl adjacent to an activating group) is 1. The molecule has 1 aliphatic carbocycles. The maximum absolute atomic E-state index is 12.5. The number of alkyl carbamates (subject to hydrolysis) is 1. The maximum atomic E-state index is 12.5. The molecule has 134 valence electrons. The van der Waals surface area contributed by atoms with Crippen LogP contribution in [-0.4, -0.2) is 48.1 Å². The summed E-state index contributed by atoms with van der Waals surface area (Å²) < 4.78 is 4.52. The lowest BCUT2D eigenvalue weighted by molar-refractivity contribution is -0.132. The molecule has 0 unspecified atom stereocenters. The molecule has 0 bridgehead atoms. The number of aromatic nitrogens is 1. The Balaban J connectivity index is 1.78. The smallest absolute Gasteiger partial charge is 0.407 e. The number of ether oxygens (including phenoxy) is 1. The number of H-pyrrole nitrogens is 1. The first-order valence-electron chi connectivity index (χ1n) is 8.43. The predicted molar refractivity (Wildman–Crippen MR) is 96.9 cm³/mol. The number of rotatable bonds is 4. The van der Waals surface area contributed by atoms with Gasteiger partial charge in [-0.2, -0.15) is 0 Å². The van der Waals surface area contributed by atoms with E-state index in [1.807, 2.05) is 30.0 Å². The Kier molecular flexibility index (Phi) is 5.18. The van der Waals surface area contributed by atoms with E-state index in [9.17, 15) is 9.59 Å². The van der Waals surface area contributed by atoms with Gasteiger partial charge < -0.3 is 19.9 Å². The van der Waals surface area contributed by atoms with E-state index >= 15 is 0 Å². The van der Waals surface area contributed by atoms with Crippen molar-refractivity contribution in [1.82, 2.24) is 15.2 Å². The molecule has 0 spiro atoms. The van der Waals surface area contributed by atoms with Gasteiger partial charge in [-0.1, -0.05) is 11.6 Å². The molecule has 1 aromatic heterocycles. The normalized spacial score (nSPS) is 16.4. The number of nitrogens with zero attached hydrogens (tertiary/aromatic N) is 1.